The van der Waals surface area contributed by atoms with Crippen LogP contribution in [0, 0.1) is 0 Å². The lowest BCUT2D eigenvalue weighted by Crippen LogP contribution is -2.26. The molecule has 0 saturated carbocycles. The lowest BCUT2D eigenvalue weighted by Gasteiger charge is -2.06. The molecule has 0 fully saturated rings. The Kier molecular flexibility index (Phi) is 4.13. The molecule has 0 aliphatic rings. The van der Waals surface area contributed by atoms with E-state index in [1.807, 2.05) is 12.3 Å². The van der Waals surface area contributed by atoms with E-state index in [4.69, 9.17) is 0 Å². The third-order valence-electron chi connectivity index (χ3n) is 2.48. The highest BCUT2D eigenvalue weighted by atomic mass is 32.2. The number of H-pyrrole nitrogens is 1. The Bertz CT molecular complexity index is 656. The standard InChI is InChI=1S/C11H14N4O3S/c16-11-4-3-10(9-12-11)19(17,18)14-6-2-8-15-7-1-5-13-15/h1,3-5,7,9,14H,2,6,8H2,(H,12,16). The van der Waals surface area contributed by atoms with Gasteiger partial charge >= 0.3 is 0 Å². The number of nitrogens with zero attached hydrogens (tertiary/aromatic N) is 2. The molecule has 2 aromatic heterocycles. The SMILES string of the molecule is O=c1ccc(S(=O)(=O)NCCCn2cccn2)c[nH]1. The van der Waals surface area contributed by atoms with Crippen molar-refractivity contribution in [2.45, 2.75) is 17.9 Å². The molecule has 8 heteroatoms. The number of sulfonamides is 1. The second-order valence-corrected chi connectivity index (χ2v) is 5.68. The summed E-state index contributed by atoms with van der Waals surface area (Å²) in [7, 11) is -3.57. The van der Waals surface area contributed by atoms with Gasteiger partial charge in [-0.05, 0) is 18.6 Å². The average molecular weight is 282 g/mol. The first-order chi connectivity index (χ1) is 9.08. The minimum atomic E-state index is -3.57. The molecule has 0 unspecified atom stereocenters. The summed E-state index contributed by atoms with van der Waals surface area (Å²) >= 11 is 0. The smallest absolute Gasteiger partial charge is 0.247 e. The van der Waals surface area contributed by atoms with E-state index >= 15 is 0 Å². The predicted molar refractivity (Wildman–Crippen MR) is 69.1 cm³/mol. The molecule has 2 N–H and O–H groups in total. The number of aromatic nitrogens is 3. The van der Waals surface area contributed by atoms with Crippen molar-refractivity contribution in [1.29, 1.82) is 0 Å². The van der Waals surface area contributed by atoms with Crippen molar-refractivity contribution in [3.8, 4) is 0 Å². The summed E-state index contributed by atoms with van der Waals surface area (Å²) in [5, 5.41) is 4.02. The number of rotatable bonds is 6. The molecule has 0 saturated heterocycles. The van der Waals surface area contributed by atoms with E-state index in [9.17, 15) is 13.2 Å². The first-order valence-electron chi connectivity index (χ1n) is 5.74. The Hall–Kier alpha value is -1.93. The summed E-state index contributed by atoms with van der Waals surface area (Å²) in [4.78, 5) is 13.2. The van der Waals surface area contributed by atoms with Gasteiger partial charge in [0, 0.05) is 37.7 Å². The third-order valence-corrected chi connectivity index (χ3v) is 3.94. The fourth-order valence-electron chi connectivity index (χ4n) is 1.53. The number of aryl methyl sites for hydroxylation is 1. The predicted octanol–water partition coefficient (Wildman–Crippen LogP) is -0.0600. The van der Waals surface area contributed by atoms with Gasteiger partial charge in [-0.3, -0.25) is 9.48 Å². The number of pyridine rings is 1. The molecule has 2 heterocycles. The van der Waals surface area contributed by atoms with E-state index in [2.05, 4.69) is 14.8 Å². The van der Waals surface area contributed by atoms with Crippen LogP contribution in [0.2, 0.25) is 0 Å². The van der Waals surface area contributed by atoms with Crippen molar-refractivity contribution in [3.63, 3.8) is 0 Å². The molecule has 0 spiro atoms. The van der Waals surface area contributed by atoms with E-state index < -0.39 is 10.0 Å². The van der Waals surface area contributed by atoms with Crippen LogP contribution < -0.4 is 10.3 Å². The van der Waals surface area contributed by atoms with Crippen molar-refractivity contribution in [2.24, 2.45) is 0 Å². The molecule has 0 radical (unpaired) electrons. The van der Waals surface area contributed by atoms with Crippen molar-refractivity contribution in [1.82, 2.24) is 19.5 Å². The van der Waals surface area contributed by atoms with E-state index in [1.165, 1.54) is 18.3 Å². The molecule has 0 aliphatic heterocycles. The van der Waals surface area contributed by atoms with Crippen LogP contribution >= 0.6 is 0 Å². The van der Waals surface area contributed by atoms with Gasteiger partial charge in [0.15, 0.2) is 0 Å². The quantitative estimate of drug-likeness (QED) is 0.725. The van der Waals surface area contributed by atoms with Gasteiger partial charge in [-0.1, -0.05) is 0 Å². The molecule has 0 aromatic carbocycles. The van der Waals surface area contributed by atoms with Crippen molar-refractivity contribution in [3.05, 3.63) is 47.1 Å². The molecular weight excluding hydrogens is 268 g/mol. The number of hydrogen-bond acceptors (Lipinski definition) is 4. The van der Waals surface area contributed by atoms with Gasteiger partial charge in [0.1, 0.15) is 0 Å². The van der Waals surface area contributed by atoms with Gasteiger partial charge in [0.2, 0.25) is 15.6 Å². The van der Waals surface area contributed by atoms with Gasteiger partial charge in [0.25, 0.3) is 0 Å². The van der Waals surface area contributed by atoms with Crippen LogP contribution in [0.3, 0.4) is 0 Å². The number of aromatic amines is 1. The largest absolute Gasteiger partial charge is 0.328 e. The van der Waals surface area contributed by atoms with Gasteiger partial charge in [-0.15, -0.1) is 0 Å². The monoisotopic (exact) mass is 282 g/mol. The van der Waals surface area contributed by atoms with Crippen LogP contribution in [-0.4, -0.2) is 29.7 Å². The number of hydrogen-bond donors (Lipinski definition) is 2. The summed E-state index contributed by atoms with van der Waals surface area (Å²) in [5.41, 5.74) is -0.336. The molecule has 19 heavy (non-hydrogen) atoms. The second kappa shape index (κ2) is 5.81. The van der Waals surface area contributed by atoms with E-state index in [-0.39, 0.29) is 10.5 Å². The maximum atomic E-state index is 11.8. The van der Waals surface area contributed by atoms with Crippen LogP contribution in [0.4, 0.5) is 0 Å². The molecule has 7 nitrogen and oxygen atoms in total. The van der Waals surface area contributed by atoms with Crippen LogP contribution in [-0.2, 0) is 16.6 Å². The zero-order valence-electron chi connectivity index (χ0n) is 10.1. The molecule has 0 amide bonds. The zero-order valence-corrected chi connectivity index (χ0v) is 10.9. The highest BCUT2D eigenvalue weighted by molar-refractivity contribution is 7.89. The van der Waals surface area contributed by atoms with E-state index in [0.29, 0.717) is 19.5 Å². The Labute approximate surface area is 110 Å². The normalized spacial score (nSPS) is 11.6. The maximum Gasteiger partial charge on any atom is 0.247 e. The van der Waals surface area contributed by atoms with Crippen LogP contribution in [0.15, 0.2) is 46.5 Å². The Morgan fingerprint density at radius 3 is 2.84 bits per heavy atom. The first kappa shape index (κ1) is 13.5. The third kappa shape index (κ3) is 3.76. The Morgan fingerprint density at radius 2 is 2.21 bits per heavy atom. The molecule has 102 valence electrons. The molecule has 2 rings (SSSR count). The van der Waals surface area contributed by atoms with Crippen molar-refractivity contribution in [2.75, 3.05) is 6.54 Å². The zero-order chi connectivity index (χ0) is 13.7. The summed E-state index contributed by atoms with van der Waals surface area (Å²) < 4.78 is 27.9. The van der Waals surface area contributed by atoms with Crippen LogP contribution in [0.25, 0.3) is 0 Å². The minimum absolute atomic E-state index is 0.0474. The Morgan fingerprint density at radius 1 is 1.37 bits per heavy atom. The van der Waals surface area contributed by atoms with E-state index in [0.717, 1.165) is 0 Å². The lowest BCUT2D eigenvalue weighted by atomic mass is 10.4. The van der Waals surface area contributed by atoms with Crippen molar-refractivity contribution < 1.29 is 8.42 Å². The van der Waals surface area contributed by atoms with Gasteiger partial charge < -0.3 is 4.98 Å². The van der Waals surface area contributed by atoms with Crippen molar-refractivity contribution >= 4 is 10.0 Å². The maximum absolute atomic E-state index is 11.8. The van der Waals surface area contributed by atoms with Gasteiger partial charge in [0.05, 0.1) is 4.90 Å². The topological polar surface area (TPSA) is 96.8 Å². The van der Waals surface area contributed by atoms with E-state index in [1.54, 1.807) is 10.9 Å². The molecule has 0 atom stereocenters. The van der Waals surface area contributed by atoms with Gasteiger partial charge in [-0.25, -0.2) is 13.1 Å². The lowest BCUT2D eigenvalue weighted by molar-refractivity contribution is 0.552. The summed E-state index contributed by atoms with van der Waals surface area (Å²) in [6.07, 6.45) is 5.29. The molecule has 0 bridgehead atoms. The minimum Gasteiger partial charge on any atom is -0.328 e. The summed E-state index contributed by atoms with van der Waals surface area (Å²) in [6.45, 7) is 0.947. The molecule has 0 aliphatic carbocycles. The van der Waals surface area contributed by atoms with Crippen LogP contribution in [0.1, 0.15) is 6.42 Å². The average Bonchev–Trinajstić information content (AvgIpc) is 2.88. The summed E-state index contributed by atoms with van der Waals surface area (Å²) in [6, 6.07) is 4.26. The fourth-order valence-corrected chi connectivity index (χ4v) is 2.57. The molecule has 2 aromatic rings. The van der Waals surface area contributed by atoms with Crippen LogP contribution in [0.5, 0.6) is 0 Å². The second-order valence-electron chi connectivity index (χ2n) is 3.91. The first-order valence-corrected chi connectivity index (χ1v) is 7.22. The molecular formula is C11H14N4O3S. The number of nitrogens with one attached hydrogen (secondary N) is 2. The van der Waals surface area contributed by atoms with Gasteiger partial charge in [-0.2, -0.15) is 5.10 Å². The highest BCUT2D eigenvalue weighted by Crippen LogP contribution is 2.03. The fraction of sp³-hybridized carbons (Fsp3) is 0.273. The highest BCUT2D eigenvalue weighted by Gasteiger charge is 2.12. The Balaban J connectivity index is 1.87. The summed E-state index contributed by atoms with van der Waals surface area (Å²) in [5.74, 6) is 0.